The molecule has 2 N–H and O–H groups in total. The smallest absolute Gasteiger partial charge is 0.336 e. The molecule has 0 aromatic heterocycles. The number of nitrogens with zero attached hydrogens (tertiary/aromatic N) is 2. The van der Waals surface area contributed by atoms with E-state index in [0.717, 1.165) is 0 Å². The fourth-order valence-corrected chi connectivity index (χ4v) is 1.84. The first-order valence-electron chi connectivity index (χ1n) is 6.50. The summed E-state index contributed by atoms with van der Waals surface area (Å²) in [5, 5.41) is 14.8. The summed E-state index contributed by atoms with van der Waals surface area (Å²) in [4.78, 5) is 22.4. The summed E-state index contributed by atoms with van der Waals surface area (Å²) in [7, 11) is 0. The molecule has 2 amide bonds. The van der Waals surface area contributed by atoms with Gasteiger partial charge < -0.3 is 10.1 Å². The zero-order valence-corrected chi connectivity index (χ0v) is 11.5. The van der Waals surface area contributed by atoms with Gasteiger partial charge in [0.2, 0.25) is 0 Å². The average Bonchev–Trinajstić information content (AvgIpc) is 2.50. The maximum Gasteiger partial charge on any atom is 0.336 e. The van der Waals surface area contributed by atoms with Crippen LogP contribution in [0.5, 0.6) is 5.75 Å². The lowest BCUT2D eigenvalue weighted by Gasteiger charge is -2.24. The second kappa shape index (κ2) is 6.71. The van der Waals surface area contributed by atoms with Gasteiger partial charge >= 0.3 is 6.03 Å². The normalized spacial score (nSPS) is 13.9. The monoisotopic (exact) mass is 292 g/mol. The van der Waals surface area contributed by atoms with E-state index in [2.05, 4.69) is 10.7 Å². The molecule has 21 heavy (non-hydrogen) atoms. The number of carbonyl (C=O) groups excluding carboxylic acids is 1. The van der Waals surface area contributed by atoms with E-state index in [4.69, 9.17) is 4.74 Å². The average molecular weight is 292 g/mol. The Hall–Kier alpha value is -2.61. The van der Waals surface area contributed by atoms with Crippen LogP contribution in [-0.4, -0.2) is 35.7 Å². The molecule has 0 spiro atoms. The number of carbonyl (C=O) groups is 1. The number of hydrogen-bond acceptors (Lipinski definition) is 5. The van der Waals surface area contributed by atoms with Crippen molar-refractivity contribution in [3.05, 3.63) is 40.5 Å². The minimum Gasteiger partial charge on any atom is -0.492 e. The minimum absolute atomic E-state index is 0.111. The van der Waals surface area contributed by atoms with E-state index >= 15 is 0 Å². The summed E-state index contributed by atoms with van der Waals surface area (Å²) in [6.07, 6.45) is 3.76. The predicted molar refractivity (Wildman–Crippen MR) is 77.1 cm³/mol. The maximum absolute atomic E-state index is 12.1. The first-order chi connectivity index (χ1) is 10.1. The van der Waals surface area contributed by atoms with Crippen molar-refractivity contribution in [1.29, 1.82) is 0 Å². The second-order valence-corrected chi connectivity index (χ2v) is 4.24. The molecule has 0 fully saturated rings. The first kappa shape index (κ1) is 14.8. The summed E-state index contributed by atoms with van der Waals surface area (Å²) in [6.45, 7) is 3.17. The third-order valence-electron chi connectivity index (χ3n) is 2.82. The maximum atomic E-state index is 12.1. The molecule has 1 heterocycles. The molecule has 112 valence electrons. The van der Waals surface area contributed by atoms with Crippen molar-refractivity contribution in [3.8, 4) is 5.75 Å². The molecular formula is C13H16N4O4. The topological polar surface area (TPSA) is 96.7 Å². The molecule has 0 radical (unpaired) electrons. The van der Waals surface area contributed by atoms with Crippen LogP contribution >= 0.6 is 0 Å². The van der Waals surface area contributed by atoms with Gasteiger partial charge in [0.05, 0.1) is 23.8 Å². The standard InChI is InChI=1S/C13H16N4O4/c1-2-21-12-6-5-10(17(19)20)9-11(12)15-13(18)16-8-4-3-7-14-16/h3-6,9,14H,2,7-8H2,1H3,(H,15,18). The lowest BCUT2D eigenvalue weighted by molar-refractivity contribution is -0.384. The fraction of sp³-hybridized carbons (Fsp3) is 0.308. The molecule has 2 rings (SSSR count). The number of nitrogens with one attached hydrogen (secondary N) is 2. The molecule has 0 bridgehead atoms. The second-order valence-electron chi connectivity index (χ2n) is 4.24. The Bertz CT molecular complexity index is 573. The Morgan fingerprint density at radius 2 is 2.33 bits per heavy atom. The van der Waals surface area contributed by atoms with Gasteiger partial charge in [-0.3, -0.25) is 15.1 Å². The number of nitro benzene ring substituents is 1. The summed E-state index contributed by atoms with van der Waals surface area (Å²) in [5.74, 6) is 0.393. The number of nitro groups is 1. The van der Waals surface area contributed by atoms with Crippen molar-refractivity contribution in [2.45, 2.75) is 6.92 Å². The molecule has 1 aliphatic rings. The SMILES string of the molecule is CCOc1ccc([N+](=O)[O-])cc1NC(=O)N1CC=CCN1. The van der Waals surface area contributed by atoms with E-state index in [1.54, 1.807) is 6.92 Å². The van der Waals surface area contributed by atoms with Gasteiger partial charge in [-0.25, -0.2) is 10.2 Å². The quantitative estimate of drug-likeness (QED) is 0.502. The molecule has 1 aliphatic heterocycles. The van der Waals surface area contributed by atoms with Crippen molar-refractivity contribution in [1.82, 2.24) is 10.4 Å². The van der Waals surface area contributed by atoms with E-state index < -0.39 is 11.0 Å². The van der Waals surface area contributed by atoms with E-state index in [1.165, 1.54) is 23.2 Å². The van der Waals surface area contributed by atoms with Crippen LogP contribution in [0.1, 0.15) is 6.92 Å². The first-order valence-corrected chi connectivity index (χ1v) is 6.50. The molecule has 8 nitrogen and oxygen atoms in total. The highest BCUT2D eigenvalue weighted by atomic mass is 16.6. The minimum atomic E-state index is -0.521. The number of anilines is 1. The zero-order valence-electron chi connectivity index (χ0n) is 11.5. The van der Waals surface area contributed by atoms with Crippen LogP contribution in [0.15, 0.2) is 30.4 Å². The van der Waals surface area contributed by atoms with Crippen LogP contribution in [-0.2, 0) is 0 Å². The molecule has 1 aromatic rings. The molecular weight excluding hydrogens is 276 g/mol. The van der Waals surface area contributed by atoms with Crippen LogP contribution in [0.3, 0.4) is 0 Å². The highest BCUT2D eigenvalue weighted by Gasteiger charge is 2.18. The summed E-state index contributed by atoms with van der Waals surface area (Å²) >= 11 is 0. The number of urea groups is 1. The Balaban J connectivity index is 2.19. The van der Waals surface area contributed by atoms with Crippen LogP contribution in [0.4, 0.5) is 16.2 Å². The fourth-order valence-electron chi connectivity index (χ4n) is 1.84. The highest BCUT2D eigenvalue weighted by Crippen LogP contribution is 2.29. The van der Waals surface area contributed by atoms with Gasteiger partial charge in [0.1, 0.15) is 5.75 Å². The van der Waals surface area contributed by atoms with Crippen LogP contribution < -0.4 is 15.5 Å². The van der Waals surface area contributed by atoms with Crippen LogP contribution in [0.2, 0.25) is 0 Å². The molecule has 0 unspecified atom stereocenters. The van der Waals surface area contributed by atoms with E-state index in [9.17, 15) is 14.9 Å². The molecule has 0 saturated carbocycles. The van der Waals surface area contributed by atoms with E-state index in [-0.39, 0.29) is 11.4 Å². The Morgan fingerprint density at radius 3 is 2.95 bits per heavy atom. The van der Waals surface area contributed by atoms with Gasteiger partial charge in [0, 0.05) is 18.7 Å². The van der Waals surface area contributed by atoms with E-state index in [1.807, 2.05) is 12.2 Å². The molecule has 0 saturated heterocycles. The number of hydrazine groups is 1. The lowest BCUT2D eigenvalue weighted by Crippen LogP contribution is -2.47. The summed E-state index contributed by atoms with van der Waals surface area (Å²) in [6, 6.07) is 3.69. The predicted octanol–water partition coefficient (Wildman–Crippen LogP) is 1.90. The number of benzene rings is 1. The summed E-state index contributed by atoms with van der Waals surface area (Å²) < 4.78 is 5.37. The van der Waals surface area contributed by atoms with Gasteiger partial charge in [-0.2, -0.15) is 0 Å². The third-order valence-corrected chi connectivity index (χ3v) is 2.82. The van der Waals surface area contributed by atoms with Gasteiger partial charge in [-0.1, -0.05) is 12.2 Å². The number of non-ortho nitro benzene ring substituents is 1. The van der Waals surface area contributed by atoms with Crippen molar-refractivity contribution in [2.24, 2.45) is 0 Å². The lowest BCUT2D eigenvalue weighted by atomic mass is 10.2. The largest absolute Gasteiger partial charge is 0.492 e. The Kier molecular flexibility index (Phi) is 4.72. The van der Waals surface area contributed by atoms with Crippen molar-refractivity contribution < 1.29 is 14.5 Å². The highest BCUT2D eigenvalue weighted by molar-refractivity contribution is 5.91. The Morgan fingerprint density at radius 1 is 1.52 bits per heavy atom. The molecule has 8 heteroatoms. The third kappa shape index (κ3) is 3.69. The van der Waals surface area contributed by atoms with Crippen LogP contribution in [0.25, 0.3) is 0 Å². The van der Waals surface area contributed by atoms with Crippen molar-refractivity contribution in [2.75, 3.05) is 25.0 Å². The number of hydrogen-bond donors (Lipinski definition) is 2. The van der Waals surface area contributed by atoms with Crippen molar-refractivity contribution >= 4 is 17.4 Å². The Labute approximate surface area is 121 Å². The van der Waals surface area contributed by atoms with Gasteiger partial charge in [-0.15, -0.1) is 0 Å². The summed E-state index contributed by atoms with van der Waals surface area (Å²) in [5.41, 5.74) is 3.05. The van der Waals surface area contributed by atoms with E-state index in [0.29, 0.717) is 25.4 Å². The number of rotatable bonds is 4. The van der Waals surface area contributed by atoms with Gasteiger partial charge in [-0.05, 0) is 13.0 Å². The van der Waals surface area contributed by atoms with Gasteiger partial charge in [0.25, 0.3) is 5.69 Å². The number of amides is 2. The van der Waals surface area contributed by atoms with Crippen molar-refractivity contribution in [3.63, 3.8) is 0 Å². The van der Waals surface area contributed by atoms with Gasteiger partial charge in [0.15, 0.2) is 0 Å². The number of ether oxygens (including phenoxy) is 1. The zero-order chi connectivity index (χ0) is 15.2. The molecule has 0 atom stereocenters. The molecule has 1 aromatic carbocycles. The van der Waals surface area contributed by atoms with Crippen LogP contribution in [0, 0.1) is 10.1 Å². The molecule has 0 aliphatic carbocycles.